The summed E-state index contributed by atoms with van der Waals surface area (Å²) in [6.07, 6.45) is 3.19. The number of rotatable bonds is 2. The first-order valence-corrected chi connectivity index (χ1v) is 6.75. The van der Waals surface area contributed by atoms with Gasteiger partial charge in [0, 0.05) is 12.1 Å². The van der Waals surface area contributed by atoms with Crippen LogP contribution in [0.1, 0.15) is 30.4 Å². The maximum atomic E-state index is 12.3. The molecular weight excluding hydrogens is 238 g/mol. The van der Waals surface area contributed by atoms with Crippen molar-refractivity contribution in [3.8, 4) is 6.07 Å². The van der Waals surface area contributed by atoms with Crippen molar-refractivity contribution in [1.82, 2.24) is 5.32 Å². The van der Waals surface area contributed by atoms with Crippen LogP contribution in [0.15, 0.2) is 18.2 Å². The minimum Gasteiger partial charge on any atom is -0.325 e. The predicted octanol–water partition coefficient (Wildman–Crippen LogP) is 1.95. The van der Waals surface area contributed by atoms with Gasteiger partial charge in [0.2, 0.25) is 5.91 Å². The summed E-state index contributed by atoms with van der Waals surface area (Å²) in [7, 11) is 0. The maximum Gasteiger partial charge on any atom is 0.229 e. The summed E-state index contributed by atoms with van der Waals surface area (Å²) < 4.78 is 0. The van der Waals surface area contributed by atoms with Crippen molar-refractivity contribution in [2.45, 2.75) is 38.3 Å². The summed E-state index contributed by atoms with van der Waals surface area (Å²) >= 11 is 0. The van der Waals surface area contributed by atoms with Crippen LogP contribution in [0.2, 0.25) is 0 Å². The van der Waals surface area contributed by atoms with Crippen LogP contribution in [0, 0.1) is 24.2 Å². The number of hydrogen-bond acceptors (Lipinski definition) is 3. The molecule has 1 amide bonds. The summed E-state index contributed by atoms with van der Waals surface area (Å²) in [5.41, 5.74) is 2.09. The minimum absolute atomic E-state index is 0.0433. The standard InChI is InChI=1S/C15H17N3O/c1-9-3-2-4-13(12(9)8-16)18-15(19)11-7-10-5-6-14(11)17-10/h2-4,10-11,14,17H,5-7H2,1H3,(H,18,19). The number of hydrogen-bond donors (Lipinski definition) is 2. The molecule has 0 saturated carbocycles. The zero-order chi connectivity index (χ0) is 13.4. The third-order valence-corrected chi connectivity index (χ3v) is 4.28. The summed E-state index contributed by atoms with van der Waals surface area (Å²) in [5.74, 6) is 0.0904. The number of carbonyl (C=O) groups is 1. The fourth-order valence-electron chi connectivity index (χ4n) is 3.26. The lowest BCUT2D eigenvalue weighted by atomic mass is 9.88. The number of anilines is 1. The number of fused-ring (bicyclic) bond motifs is 2. The van der Waals surface area contributed by atoms with Crippen molar-refractivity contribution in [3.05, 3.63) is 29.3 Å². The number of nitrogens with zero attached hydrogens (tertiary/aromatic N) is 1. The molecule has 2 N–H and O–H groups in total. The first-order valence-electron chi connectivity index (χ1n) is 6.75. The highest BCUT2D eigenvalue weighted by atomic mass is 16.2. The molecule has 0 aromatic heterocycles. The monoisotopic (exact) mass is 255 g/mol. The molecule has 3 unspecified atom stereocenters. The lowest BCUT2D eigenvalue weighted by molar-refractivity contribution is -0.120. The van der Waals surface area contributed by atoms with Crippen LogP contribution in [0.25, 0.3) is 0 Å². The minimum atomic E-state index is 0.0433. The average molecular weight is 255 g/mol. The quantitative estimate of drug-likeness (QED) is 0.849. The predicted molar refractivity (Wildman–Crippen MR) is 72.6 cm³/mol. The smallest absolute Gasteiger partial charge is 0.229 e. The molecule has 4 heteroatoms. The number of amides is 1. The van der Waals surface area contributed by atoms with E-state index in [1.807, 2.05) is 19.1 Å². The van der Waals surface area contributed by atoms with E-state index in [0.29, 0.717) is 23.3 Å². The van der Waals surface area contributed by atoms with Crippen LogP contribution in [0.4, 0.5) is 5.69 Å². The molecular formula is C15H17N3O. The number of nitrogens with one attached hydrogen (secondary N) is 2. The normalized spacial score (nSPS) is 28.1. The number of carbonyl (C=O) groups excluding carboxylic acids is 1. The molecule has 3 rings (SSSR count). The van der Waals surface area contributed by atoms with E-state index in [1.54, 1.807) is 6.07 Å². The van der Waals surface area contributed by atoms with E-state index in [0.717, 1.165) is 18.4 Å². The van der Waals surface area contributed by atoms with Gasteiger partial charge in [-0.3, -0.25) is 4.79 Å². The fourth-order valence-corrected chi connectivity index (χ4v) is 3.26. The molecule has 1 aromatic carbocycles. The maximum absolute atomic E-state index is 12.3. The molecule has 3 atom stereocenters. The third kappa shape index (κ3) is 2.11. The molecule has 0 spiro atoms. The Morgan fingerprint density at radius 1 is 1.47 bits per heavy atom. The zero-order valence-corrected chi connectivity index (χ0v) is 10.9. The van der Waals surface area contributed by atoms with Gasteiger partial charge < -0.3 is 10.6 Å². The van der Waals surface area contributed by atoms with Crippen LogP contribution < -0.4 is 10.6 Å². The Bertz CT molecular complexity index is 561. The Balaban J connectivity index is 1.77. The summed E-state index contributed by atoms with van der Waals surface area (Å²) in [5, 5.41) is 15.6. The van der Waals surface area contributed by atoms with Gasteiger partial charge in [0.25, 0.3) is 0 Å². The van der Waals surface area contributed by atoms with E-state index < -0.39 is 0 Å². The van der Waals surface area contributed by atoms with Crippen molar-refractivity contribution in [3.63, 3.8) is 0 Å². The Morgan fingerprint density at radius 2 is 2.32 bits per heavy atom. The summed E-state index contributed by atoms with van der Waals surface area (Å²) in [6.45, 7) is 1.88. The van der Waals surface area contributed by atoms with Crippen molar-refractivity contribution < 1.29 is 4.79 Å². The highest BCUT2D eigenvalue weighted by molar-refractivity contribution is 5.94. The molecule has 4 nitrogen and oxygen atoms in total. The number of aryl methyl sites for hydroxylation is 1. The van der Waals surface area contributed by atoms with Crippen molar-refractivity contribution in [2.75, 3.05) is 5.32 Å². The Labute approximate surface area is 112 Å². The van der Waals surface area contributed by atoms with E-state index in [4.69, 9.17) is 5.26 Å². The van der Waals surface area contributed by atoms with Gasteiger partial charge in [0.1, 0.15) is 6.07 Å². The Hall–Kier alpha value is -1.86. The molecule has 2 bridgehead atoms. The molecule has 2 heterocycles. The lowest BCUT2D eigenvalue weighted by Gasteiger charge is -2.20. The van der Waals surface area contributed by atoms with Crippen LogP contribution >= 0.6 is 0 Å². The molecule has 1 aromatic rings. The molecule has 2 fully saturated rings. The second-order valence-electron chi connectivity index (χ2n) is 5.49. The van der Waals surface area contributed by atoms with Gasteiger partial charge in [-0.1, -0.05) is 12.1 Å². The van der Waals surface area contributed by atoms with E-state index >= 15 is 0 Å². The van der Waals surface area contributed by atoms with Crippen molar-refractivity contribution in [2.24, 2.45) is 5.92 Å². The molecule has 98 valence electrons. The Morgan fingerprint density at radius 3 is 2.95 bits per heavy atom. The first kappa shape index (κ1) is 12.2. The molecule has 2 saturated heterocycles. The van der Waals surface area contributed by atoms with Crippen LogP contribution in [-0.2, 0) is 4.79 Å². The number of benzene rings is 1. The molecule has 0 radical (unpaired) electrons. The van der Waals surface area contributed by atoms with Crippen LogP contribution in [0.3, 0.4) is 0 Å². The van der Waals surface area contributed by atoms with Crippen molar-refractivity contribution >= 4 is 11.6 Å². The second kappa shape index (κ2) is 4.67. The third-order valence-electron chi connectivity index (χ3n) is 4.28. The van der Waals surface area contributed by atoms with Crippen LogP contribution in [-0.4, -0.2) is 18.0 Å². The van der Waals surface area contributed by atoms with Crippen LogP contribution in [0.5, 0.6) is 0 Å². The lowest BCUT2D eigenvalue weighted by Crippen LogP contribution is -2.33. The van der Waals surface area contributed by atoms with Gasteiger partial charge in [0.05, 0.1) is 17.2 Å². The van der Waals surface area contributed by atoms with E-state index in [9.17, 15) is 4.79 Å². The zero-order valence-electron chi connectivity index (χ0n) is 10.9. The molecule has 2 aliphatic rings. The van der Waals surface area contributed by atoms with Gasteiger partial charge in [-0.25, -0.2) is 0 Å². The van der Waals surface area contributed by atoms with Gasteiger partial charge >= 0.3 is 0 Å². The van der Waals surface area contributed by atoms with Gasteiger partial charge in [-0.05, 0) is 37.8 Å². The Kier molecular flexibility index (Phi) is 3.00. The first-order chi connectivity index (χ1) is 9.19. The fraction of sp³-hybridized carbons (Fsp3) is 0.467. The molecule has 0 aliphatic carbocycles. The summed E-state index contributed by atoms with van der Waals surface area (Å²) in [6, 6.07) is 8.54. The molecule has 2 aliphatic heterocycles. The van der Waals surface area contributed by atoms with Gasteiger partial charge in [0.15, 0.2) is 0 Å². The molecule has 19 heavy (non-hydrogen) atoms. The SMILES string of the molecule is Cc1cccc(NC(=O)C2CC3CCC2N3)c1C#N. The number of nitriles is 1. The second-order valence-corrected chi connectivity index (χ2v) is 5.49. The van der Waals surface area contributed by atoms with Crippen molar-refractivity contribution in [1.29, 1.82) is 5.26 Å². The van der Waals surface area contributed by atoms with Gasteiger partial charge in [-0.2, -0.15) is 5.26 Å². The van der Waals surface area contributed by atoms with E-state index in [1.165, 1.54) is 6.42 Å². The van der Waals surface area contributed by atoms with E-state index in [-0.39, 0.29) is 11.8 Å². The average Bonchev–Trinajstić information content (AvgIpc) is 3.01. The van der Waals surface area contributed by atoms with Gasteiger partial charge in [-0.15, -0.1) is 0 Å². The largest absolute Gasteiger partial charge is 0.325 e. The topological polar surface area (TPSA) is 64.9 Å². The summed E-state index contributed by atoms with van der Waals surface area (Å²) in [4.78, 5) is 12.3. The van der Waals surface area contributed by atoms with E-state index in [2.05, 4.69) is 16.7 Å². The highest BCUT2D eigenvalue weighted by Gasteiger charge is 2.42. The highest BCUT2D eigenvalue weighted by Crippen LogP contribution is 2.34.